The highest BCUT2D eigenvalue weighted by Crippen LogP contribution is 2.26. The third-order valence-electron chi connectivity index (χ3n) is 4.80. The van der Waals surface area contributed by atoms with Crippen molar-refractivity contribution in [3.8, 4) is 5.75 Å². The van der Waals surface area contributed by atoms with E-state index in [9.17, 15) is 18.0 Å². The van der Waals surface area contributed by atoms with Gasteiger partial charge in [0.25, 0.3) is 5.91 Å². The van der Waals surface area contributed by atoms with E-state index in [0.29, 0.717) is 24.5 Å². The van der Waals surface area contributed by atoms with E-state index in [4.69, 9.17) is 9.47 Å². The standard InChI is InChI=1S/C21H24N2O6S2/c1-28-19-13-16(30-2)7-10-18(19)21(25)29-14-20(24)22-15-5-8-17(9-6-15)31(26,27)23-11-3-4-12-23/h5-10,13H,3-4,11-12,14H2,1-2H3,(H,22,24). The Kier molecular flexibility index (Phi) is 7.58. The van der Waals surface area contributed by atoms with Crippen molar-refractivity contribution in [3.63, 3.8) is 0 Å². The summed E-state index contributed by atoms with van der Waals surface area (Å²) in [6, 6.07) is 11.0. The molecule has 0 spiro atoms. The molecule has 0 radical (unpaired) electrons. The third-order valence-corrected chi connectivity index (χ3v) is 7.44. The predicted octanol–water partition coefficient (Wildman–Crippen LogP) is 3.00. The van der Waals surface area contributed by atoms with Gasteiger partial charge in [0, 0.05) is 23.7 Å². The number of carbonyl (C=O) groups excluding carboxylic acids is 2. The highest BCUT2D eigenvalue weighted by molar-refractivity contribution is 7.98. The van der Waals surface area contributed by atoms with Gasteiger partial charge < -0.3 is 14.8 Å². The molecule has 8 nitrogen and oxygen atoms in total. The first-order valence-corrected chi connectivity index (χ1v) is 12.3. The van der Waals surface area contributed by atoms with Gasteiger partial charge in [-0.1, -0.05) is 0 Å². The Morgan fingerprint density at radius 3 is 2.39 bits per heavy atom. The van der Waals surface area contributed by atoms with Crippen LogP contribution in [0.2, 0.25) is 0 Å². The van der Waals surface area contributed by atoms with Crippen LogP contribution in [0.5, 0.6) is 5.75 Å². The Balaban J connectivity index is 1.57. The second-order valence-electron chi connectivity index (χ2n) is 6.83. The fourth-order valence-electron chi connectivity index (χ4n) is 3.16. The Morgan fingerprint density at radius 1 is 1.10 bits per heavy atom. The lowest BCUT2D eigenvalue weighted by molar-refractivity contribution is -0.119. The molecule has 2 aromatic rings. The number of anilines is 1. The van der Waals surface area contributed by atoms with E-state index in [0.717, 1.165) is 17.7 Å². The molecule has 1 amide bonds. The van der Waals surface area contributed by atoms with Gasteiger partial charge >= 0.3 is 5.97 Å². The van der Waals surface area contributed by atoms with Crippen LogP contribution in [-0.2, 0) is 19.6 Å². The molecule has 2 aromatic carbocycles. The maximum absolute atomic E-state index is 12.5. The van der Waals surface area contributed by atoms with Crippen LogP contribution < -0.4 is 10.1 Å². The summed E-state index contributed by atoms with van der Waals surface area (Å²) in [5.74, 6) is -0.845. The molecule has 1 heterocycles. The van der Waals surface area contributed by atoms with E-state index >= 15 is 0 Å². The third kappa shape index (κ3) is 5.57. The van der Waals surface area contributed by atoms with Crippen molar-refractivity contribution in [2.75, 3.05) is 38.4 Å². The number of sulfonamides is 1. The highest BCUT2D eigenvalue weighted by atomic mass is 32.2. The number of hydrogen-bond donors (Lipinski definition) is 1. The normalized spacial score (nSPS) is 14.3. The van der Waals surface area contributed by atoms with E-state index in [-0.39, 0.29) is 10.5 Å². The minimum atomic E-state index is -3.51. The van der Waals surface area contributed by atoms with Crippen molar-refractivity contribution < 1.29 is 27.5 Å². The molecule has 1 aliphatic rings. The minimum Gasteiger partial charge on any atom is -0.496 e. The maximum Gasteiger partial charge on any atom is 0.342 e. The van der Waals surface area contributed by atoms with Crippen LogP contribution in [-0.4, -0.2) is 57.7 Å². The SMILES string of the molecule is COc1cc(SC)ccc1C(=O)OCC(=O)Nc1ccc(S(=O)(=O)N2CCCC2)cc1. The molecule has 3 rings (SSSR count). The predicted molar refractivity (Wildman–Crippen MR) is 118 cm³/mol. The molecule has 10 heteroatoms. The lowest BCUT2D eigenvalue weighted by atomic mass is 10.2. The molecule has 1 saturated heterocycles. The second kappa shape index (κ2) is 10.2. The fraction of sp³-hybridized carbons (Fsp3) is 0.333. The number of amides is 1. The fourth-order valence-corrected chi connectivity index (χ4v) is 5.11. The van der Waals surface area contributed by atoms with Gasteiger partial charge in [-0.05, 0) is 61.6 Å². The number of hydrogen-bond acceptors (Lipinski definition) is 7. The monoisotopic (exact) mass is 464 g/mol. The van der Waals surface area contributed by atoms with Gasteiger partial charge in [-0.15, -0.1) is 11.8 Å². The van der Waals surface area contributed by atoms with Crippen LogP contribution >= 0.6 is 11.8 Å². The molecule has 1 aliphatic heterocycles. The average molecular weight is 465 g/mol. The second-order valence-corrected chi connectivity index (χ2v) is 9.64. The number of rotatable bonds is 8. The van der Waals surface area contributed by atoms with Gasteiger partial charge in [-0.25, -0.2) is 13.2 Å². The van der Waals surface area contributed by atoms with Crippen LogP contribution in [0.3, 0.4) is 0 Å². The largest absolute Gasteiger partial charge is 0.496 e. The Bertz CT molecular complexity index is 1050. The van der Waals surface area contributed by atoms with Crippen molar-refractivity contribution in [3.05, 3.63) is 48.0 Å². The number of esters is 1. The number of nitrogens with one attached hydrogen (secondary N) is 1. The molecule has 31 heavy (non-hydrogen) atoms. The molecule has 1 fully saturated rings. The molecule has 0 saturated carbocycles. The first kappa shape index (κ1) is 23.1. The number of thioether (sulfide) groups is 1. The number of carbonyl (C=O) groups is 2. The summed E-state index contributed by atoms with van der Waals surface area (Å²) in [5, 5.41) is 2.58. The van der Waals surface area contributed by atoms with Gasteiger partial charge in [0.1, 0.15) is 11.3 Å². The summed E-state index contributed by atoms with van der Waals surface area (Å²) in [6.07, 6.45) is 3.63. The minimum absolute atomic E-state index is 0.180. The van der Waals surface area contributed by atoms with Crippen molar-refractivity contribution >= 4 is 39.3 Å². The molecule has 0 unspecified atom stereocenters. The molecular weight excluding hydrogens is 440 g/mol. The Labute approximate surface area is 186 Å². The first-order chi connectivity index (χ1) is 14.8. The molecule has 166 valence electrons. The zero-order valence-electron chi connectivity index (χ0n) is 17.3. The summed E-state index contributed by atoms with van der Waals surface area (Å²) in [7, 11) is -2.05. The average Bonchev–Trinajstić information content (AvgIpc) is 3.33. The Morgan fingerprint density at radius 2 is 1.77 bits per heavy atom. The van der Waals surface area contributed by atoms with E-state index in [1.165, 1.54) is 47.4 Å². The zero-order valence-corrected chi connectivity index (χ0v) is 18.9. The van der Waals surface area contributed by atoms with Crippen molar-refractivity contribution in [2.24, 2.45) is 0 Å². The van der Waals surface area contributed by atoms with Gasteiger partial charge in [0.05, 0.1) is 12.0 Å². The first-order valence-electron chi connectivity index (χ1n) is 9.64. The van der Waals surface area contributed by atoms with Gasteiger partial charge in [-0.2, -0.15) is 4.31 Å². The highest BCUT2D eigenvalue weighted by Gasteiger charge is 2.27. The van der Waals surface area contributed by atoms with E-state index < -0.39 is 28.5 Å². The van der Waals surface area contributed by atoms with Gasteiger partial charge in [0.15, 0.2) is 6.61 Å². The Hall–Kier alpha value is -2.56. The summed E-state index contributed by atoms with van der Waals surface area (Å²) in [6.45, 7) is 0.564. The smallest absolute Gasteiger partial charge is 0.342 e. The molecule has 0 bridgehead atoms. The summed E-state index contributed by atoms with van der Waals surface area (Å²) >= 11 is 1.51. The topological polar surface area (TPSA) is 102 Å². The molecular formula is C21H24N2O6S2. The molecule has 0 aliphatic carbocycles. The number of ether oxygens (including phenoxy) is 2. The summed E-state index contributed by atoms with van der Waals surface area (Å²) in [5.41, 5.74) is 0.632. The maximum atomic E-state index is 12.5. The number of benzene rings is 2. The van der Waals surface area contributed by atoms with Crippen LogP contribution in [0, 0.1) is 0 Å². The van der Waals surface area contributed by atoms with Crippen LogP contribution in [0.25, 0.3) is 0 Å². The number of methoxy groups -OCH3 is 1. The van der Waals surface area contributed by atoms with E-state index in [1.807, 2.05) is 6.26 Å². The molecule has 0 aromatic heterocycles. The zero-order chi connectivity index (χ0) is 22.4. The number of nitrogens with zero attached hydrogens (tertiary/aromatic N) is 1. The van der Waals surface area contributed by atoms with E-state index in [2.05, 4.69) is 5.32 Å². The van der Waals surface area contributed by atoms with Crippen LogP contribution in [0.4, 0.5) is 5.69 Å². The van der Waals surface area contributed by atoms with Crippen molar-refractivity contribution in [2.45, 2.75) is 22.6 Å². The molecule has 1 N–H and O–H groups in total. The van der Waals surface area contributed by atoms with Crippen LogP contribution in [0.1, 0.15) is 23.2 Å². The van der Waals surface area contributed by atoms with Crippen LogP contribution in [0.15, 0.2) is 52.3 Å². The lowest BCUT2D eigenvalue weighted by Gasteiger charge is -2.15. The van der Waals surface area contributed by atoms with E-state index in [1.54, 1.807) is 18.2 Å². The van der Waals surface area contributed by atoms with Crippen molar-refractivity contribution in [1.29, 1.82) is 0 Å². The van der Waals surface area contributed by atoms with Gasteiger partial charge in [0.2, 0.25) is 10.0 Å². The summed E-state index contributed by atoms with van der Waals surface area (Å²) < 4.78 is 36.8. The van der Waals surface area contributed by atoms with Gasteiger partial charge in [-0.3, -0.25) is 4.79 Å². The lowest BCUT2D eigenvalue weighted by Crippen LogP contribution is -2.27. The molecule has 0 atom stereocenters. The van der Waals surface area contributed by atoms with Crippen molar-refractivity contribution in [1.82, 2.24) is 4.31 Å². The quantitative estimate of drug-likeness (QED) is 0.473. The summed E-state index contributed by atoms with van der Waals surface area (Å²) in [4.78, 5) is 25.6.